The van der Waals surface area contributed by atoms with Gasteiger partial charge in [0.25, 0.3) is 11.8 Å². The second kappa shape index (κ2) is 15.2. The van der Waals surface area contributed by atoms with Crippen molar-refractivity contribution < 1.29 is 14.4 Å². The molecule has 1 heterocycles. The van der Waals surface area contributed by atoms with Gasteiger partial charge in [-0.3, -0.25) is 19.4 Å². The minimum atomic E-state index is -0.394. The molecule has 1 aromatic rings. The third kappa shape index (κ3) is 7.85. The number of fused-ring (bicyclic) bond motifs is 2. The molecule has 1 aliphatic heterocycles. The Morgan fingerprint density at radius 3 is 2.27 bits per heavy atom. The molecule has 222 valence electrons. The summed E-state index contributed by atoms with van der Waals surface area (Å²) >= 11 is 0. The zero-order valence-electron chi connectivity index (χ0n) is 24.7. The molecule has 0 fully saturated rings. The summed E-state index contributed by atoms with van der Waals surface area (Å²) < 4.78 is 0. The lowest BCUT2D eigenvalue weighted by Gasteiger charge is -2.21. The van der Waals surface area contributed by atoms with Gasteiger partial charge in [0.1, 0.15) is 5.71 Å². The van der Waals surface area contributed by atoms with Crippen LogP contribution in [0, 0.1) is 0 Å². The summed E-state index contributed by atoms with van der Waals surface area (Å²) in [6.45, 7) is 12.2. The lowest BCUT2D eigenvalue weighted by atomic mass is 9.98. The van der Waals surface area contributed by atoms with Crippen molar-refractivity contribution in [3.8, 4) is 0 Å². The van der Waals surface area contributed by atoms with Crippen LogP contribution in [0.25, 0.3) is 0 Å². The quantitative estimate of drug-likeness (QED) is 0.120. The van der Waals surface area contributed by atoms with Crippen LogP contribution < -0.4 is 27.4 Å². The van der Waals surface area contributed by atoms with Gasteiger partial charge in [-0.25, -0.2) is 0 Å². The highest BCUT2D eigenvalue weighted by atomic mass is 16.2. The summed E-state index contributed by atoms with van der Waals surface area (Å²) in [5.41, 5.74) is 20.4. The topological polar surface area (TPSA) is 155 Å². The molecular formula is C31H45N7O3. The Bertz CT molecular complexity index is 1230. The summed E-state index contributed by atoms with van der Waals surface area (Å²) in [6.07, 6.45) is 8.91. The first-order valence-corrected chi connectivity index (χ1v) is 14.4. The van der Waals surface area contributed by atoms with Crippen LogP contribution in [0.5, 0.6) is 0 Å². The van der Waals surface area contributed by atoms with Crippen LogP contribution in [0.3, 0.4) is 0 Å². The fourth-order valence-electron chi connectivity index (χ4n) is 5.93. The van der Waals surface area contributed by atoms with Gasteiger partial charge in [-0.15, -0.1) is 0 Å². The molecule has 0 spiro atoms. The van der Waals surface area contributed by atoms with Gasteiger partial charge < -0.3 is 32.3 Å². The number of benzene rings is 1. The number of primary amides is 1. The summed E-state index contributed by atoms with van der Waals surface area (Å²) in [5.74, 6) is -0.749. The first kappa shape index (κ1) is 31.6. The molecule has 7 N–H and O–H groups in total. The largest absolute Gasteiger partial charge is 0.394 e. The highest BCUT2D eigenvalue weighted by Gasteiger charge is 2.25. The summed E-state index contributed by atoms with van der Waals surface area (Å²) in [5, 5.41) is 9.28. The van der Waals surface area contributed by atoms with Gasteiger partial charge in [0, 0.05) is 51.2 Å². The second-order valence-corrected chi connectivity index (χ2v) is 10.5. The van der Waals surface area contributed by atoms with E-state index in [1.54, 1.807) is 0 Å². The summed E-state index contributed by atoms with van der Waals surface area (Å²) in [7, 11) is 1.52. The van der Waals surface area contributed by atoms with E-state index in [1.807, 2.05) is 0 Å². The maximum Gasteiger partial charge on any atom is 0.271 e. The molecule has 0 aromatic heterocycles. The summed E-state index contributed by atoms with van der Waals surface area (Å²) in [6, 6.07) is 2.32. The van der Waals surface area contributed by atoms with E-state index in [-0.39, 0.29) is 23.7 Å². The van der Waals surface area contributed by atoms with Gasteiger partial charge in [0.05, 0.1) is 5.70 Å². The van der Waals surface area contributed by atoms with E-state index in [0.29, 0.717) is 13.1 Å². The van der Waals surface area contributed by atoms with Crippen LogP contribution in [-0.4, -0.2) is 68.6 Å². The van der Waals surface area contributed by atoms with Crippen LogP contribution in [-0.2, 0) is 40.1 Å². The molecule has 0 saturated heterocycles. The van der Waals surface area contributed by atoms with Gasteiger partial charge in [0.15, 0.2) is 0 Å². The average molecular weight is 564 g/mol. The monoisotopic (exact) mass is 563 g/mol. The fourth-order valence-corrected chi connectivity index (χ4v) is 5.93. The molecule has 10 nitrogen and oxygen atoms in total. The van der Waals surface area contributed by atoms with Crippen molar-refractivity contribution in [3.05, 3.63) is 63.5 Å². The number of nitrogens with two attached hydrogens (primary N) is 2. The van der Waals surface area contributed by atoms with Crippen LogP contribution in [0.15, 0.2) is 46.3 Å². The van der Waals surface area contributed by atoms with E-state index in [1.165, 1.54) is 46.5 Å². The van der Waals surface area contributed by atoms with Crippen LogP contribution in [0.1, 0.15) is 55.4 Å². The SMILES string of the molecule is C=C1C(CC)=C(C)CN1CCNCCNC(=O)C(/C=C(\N)C(=O)Nc1c2c(cc3c1CCC3)CCC2)=NC.NC=O. The van der Waals surface area contributed by atoms with Crippen molar-refractivity contribution in [2.45, 2.75) is 58.8 Å². The first-order chi connectivity index (χ1) is 19.7. The van der Waals surface area contributed by atoms with Crippen molar-refractivity contribution in [2.75, 3.05) is 45.1 Å². The Hall–Kier alpha value is -3.92. The highest BCUT2D eigenvalue weighted by molar-refractivity contribution is 6.44. The third-order valence-corrected chi connectivity index (χ3v) is 7.91. The Morgan fingerprint density at radius 1 is 1.07 bits per heavy atom. The third-order valence-electron chi connectivity index (χ3n) is 7.91. The highest BCUT2D eigenvalue weighted by Crippen LogP contribution is 2.38. The number of allylic oxidation sites excluding steroid dienone is 1. The zero-order valence-corrected chi connectivity index (χ0v) is 24.7. The number of aliphatic imine (C=N–C) groups is 1. The number of hydrogen-bond donors (Lipinski definition) is 5. The predicted molar refractivity (Wildman–Crippen MR) is 165 cm³/mol. The Morgan fingerprint density at radius 2 is 1.71 bits per heavy atom. The first-order valence-electron chi connectivity index (χ1n) is 14.4. The number of anilines is 1. The van der Waals surface area contributed by atoms with Gasteiger partial charge >= 0.3 is 0 Å². The van der Waals surface area contributed by atoms with E-state index < -0.39 is 5.91 Å². The van der Waals surface area contributed by atoms with Crippen LogP contribution in [0.4, 0.5) is 5.69 Å². The molecule has 0 atom stereocenters. The van der Waals surface area contributed by atoms with E-state index in [4.69, 9.17) is 10.5 Å². The van der Waals surface area contributed by atoms with E-state index in [2.05, 4.69) is 58.1 Å². The van der Waals surface area contributed by atoms with Gasteiger partial charge in [0.2, 0.25) is 6.41 Å². The molecular weight excluding hydrogens is 518 g/mol. The number of carbonyl (C=O) groups excluding carboxylic acids is 3. The van der Waals surface area contributed by atoms with Crippen molar-refractivity contribution in [2.24, 2.45) is 16.5 Å². The van der Waals surface area contributed by atoms with Crippen molar-refractivity contribution in [1.82, 2.24) is 15.5 Å². The minimum absolute atomic E-state index is 0.0255. The molecule has 0 saturated carbocycles. The Kier molecular flexibility index (Phi) is 11.7. The number of nitrogens with zero attached hydrogens (tertiary/aromatic N) is 2. The molecule has 3 aliphatic rings. The van der Waals surface area contributed by atoms with E-state index >= 15 is 0 Å². The van der Waals surface area contributed by atoms with Crippen molar-refractivity contribution in [3.63, 3.8) is 0 Å². The number of carbonyl (C=O) groups is 3. The number of nitrogens with one attached hydrogen (secondary N) is 3. The molecule has 1 aromatic carbocycles. The standard InChI is InChI=1S/C30H42N6O2.CH3NO/c1-5-23-19(2)18-36(20(23)3)15-14-33-12-13-34-30(38)27(32-4)17-26(31)29(37)35-28-24-10-6-8-21(24)16-22-9-7-11-25(22)28;2-1-3/h16-17,33H,3,5-15,18,31H2,1-2,4H3,(H,34,38)(H,35,37);1H,(H2,2,3)/b26-17-,32-27?;. The van der Waals surface area contributed by atoms with Gasteiger partial charge in [-0.1, -0.05) is 19.6 Å². The molecule has 3 amide bonds. The maximum atomic E-state index is 13.0. The van der Waals surface area contributed by atoms with Crippen LogP contribution in [0.2, 0.25) is 0 Å². The molecule has 2 aliphatic carbocycles. The van der Waals surface area contributed by atoms with Gasteiger partial charge in [-0.05, 0) is 91.3 Å². The lowest BCUT2D eigenvalue weighted by molar-refractivity contribution is -0.114. The fraction of sp³-hybridized carbons (Fsp3) is 0.484. The number of hydrogen-bond acceptors (Lipinski definition) is 7. The summed E-state index contributed by atoms with van der Waals surface area (Å²) in [4.78, 5) is 40.6. The Balaban J connectivity index is 0.00000147. The van der Waals surface area contributed by atoms with Crippen molar-refractivity contribution >= 4 is 29.6 Å². The van der Waals surface area contributed by atoms with Gasteiger partial charge in [-0.2, -0.15) is 0 Å². The molecule has 41 heavy (non-hydrogen) atoms. The number of aryl methyl sites for hydroxylation is 2. The zero-order chi connectivity index (χ0) is 29.9. The van der Waals surface area contributed by atoms with Crippen molar-refractivity contribution in [1.29, 1.82) is 0 Å². The average Bonchev–Trinajstić information content (AvgIpc) is 3.68. The molecule has 0 bridgehead atoms. The normalized spacial score (nSPS) is 16.3. The van der Waals surface area contributed by atoms with Crippen LogP contribution >= 0.6 is 0 Å². The molecule has 0 radical (unpaired) electrons. The van der Waals surface area contributed by atoms with E-state index in [0.717, 1.165) is 76.0 Å². The molecule has 4 rings (SSSR count). The maximum absolute atomic E-state index is 13.0. The minimum Gasteiger partial charge on any atom is -0.394 e. The predicted octanol–water partition coefficient (Wildman–Crippen LogP) is 1.88. The molecule has 10 heteroatoms. The number of amides is 3. The second-order valence-electron chi connectivity index (χ2n) is 10.5. The lowest BCUT2D eigenvalue weighted by Crippen LogP contribution is -2.38. The van der Waals surface area contributed by atoms with E-state index in [9.17, 15) is 9.59 Å². The number of rotatable bonds is 11. The molecule has 0 unspecified atom stereocenters. The smallest absolute Gasteiger partial charge is 0.271 e. The Labute approximate surface area is 243 Å².